The Morgan fingerprint density at radius 2 is 1.59 bits per heavy atom. The van der Waals surface area contributed by atoms with Gasteiger partial charge in [-0.1, -0.05) is 54.1 Å². The molecule has 0 fully saturated rings. The number of nitrogens with zero attached hydrogens (tertiary/aromatic N) is 4. The maximum Gasteiger partial charge on any atom is 0.296 e. The molecule has 2 aromatic heterocycles. The molecule has 0 aliphatic carbocycles. The van der Waals surface area contributed by atoms with Gasteiger partial charge in [0, 0.05) is 5.69 Å². The summed E-state index contributed by atoms with van der Waals surface area (Å²) in [5.74, 6) is -0.496. The lowest BCUT2D eigenvalue weighted by Crippen LogP contribution is -2.24. The first-order valence-electron chi connectivity index (χ1n) is 11.1. The van der Waals surface area contributed by atoms with Crippen molar-refractivity contribution < 1.29 is 4.79 Å². The molecule has 1 N–H and O–H groups in total. The largest absolute Gasteiger partial charge is 0.319 e. The predicted octanol–water partition coefficient (Wildman–Crippen LogP) is 4.58. The molecule has 34 heavy (non-hydrogen) atoms. The maximum absolute atomic E-state index is 13.5. The summed E-state index contributed by atoms with van der Waals surface area (Å²) in [4.78, 5) is 31.0. The van der Waals surface area contributed by atoms with Gasteiger partial charge in [-0.25, -0.2) is 4.52 Å². The molecule has 0 radical (unpaired) electrons. The van der Waals surface area contributed by atoms with E-state index in [1.54, 1.807) is 4.57 Å². The van der Waals surface area contributed by atoms with Crippen LogP contribution in [0.1, 0.15) is 38.4 Å². The predicted molar refractivity (Wildman–Crippen MR) is 134 cm³/mol. The number of anilines is 1. The van der Waals surface area contributed by atoms with E-state index in [0.717, 1.165) is 39.0 Å². The van der Waals surface area contributed by atoms with Crippen molar-refractivity contribution in [3.8, 4) is 0 Å². The van der Waals surface area contributed by atoms with E-state index in [9.17, 15) is 9.59 Å². The highest BCUT2D eigenvalue weighted by Crippen LogP contribution is 2.23. The Kier molecular flexibility index (Phi) is 5.24. The smallest absolute Gasteiger partial charge is 0.296 e. The van der Waals surface area contributed by atoms with Crippen molar-refractivity contribution in [1.29, 1.82) is 0 Å². The number of fused-ring (bicyclic) bond motifs is 3. The lowest BCUT2D eigenvalue weighted by atomic mass is 10.1. The molecule has 2 heterocycles. The summed E-state index contributed by atoms with van der Waals surface area (Å²) < 4.78 is 3.17. The van der Waals surface area contributed by atoms with E-state index in [4.69, 9.17) is 0 Å². The van der Waals surface area contributed by atoms with Crippen molar-refractivity contribution in [3.63, 3.8) is 0 Å². The van der Waals surface area contributed by atoms with Gasteiger partial charge in [0.25, 0.3) is 11.5 Å². The first-order chi connectivity index (χ1) is 16.3. The third kappa shape index (κ3) is 3.75. The van der Waals surface area contributed by atoms with E-state index in [0.29, 0.717) is 12.1 Å². The van der Waals surface area contributed by atoms with Crippen LogP contribution in [0.2, 0.25) is 0 Å². The second-order valence-electron chi connectivity index (χ2n) is 8.77. The Labute approximate surface area is 196 Å². The molecule has 0 bridgehead atoms. The molecular formula is C27H25N5O2. The summed E-state index contributed by atoms with van der Waals surface area (Å²) in [6.07, 6.45) is 0. The van der Waals surface area contributed by atoms with Crippen molar-refractivity contribution in [2.45, 2.75) is 34.2 Å². The first kappa shape index (κ1) is 21.6. The third-order valence-corrected chi connectivity index (χ3v) is 6.00. The highest BCUT2D eigenvalue weighted by Gasteiger charge is 2.20. The van der Waals surface area contributed by atoms with Gasteiger partial charge in [0.05, 0.1) is 17.6 Å². The number of amides is 1. The van der Waals surface area contributed by atoms with Gasteiger partial charge >= 0.3 is 0 Å². The summed E-state index contributed by atoms with van der Waals surface area (Å²) in [5, 5.41) is 7.36. The molecule has 0 unspecified atom stereocenters. The highest BCUT2D eigenvalue weighted by atomic mass is 16.2. The molecule has 0 saturated carbocycles. The molecule has 0 aliphatic rings. The fourth-order valence-electron chi connectivity index (χ4n) is 4.44. The van der Waals surface area contributed by atoms with Crippen LogP contribution in [0.4, 0.5) is 5.69 Å². The SMILES string of the molecule is Cc1cc(C)c(NC(=O)c2nc3c(=O)n(Cc4ccccc4)c4cc(C)ccc4n3n2)c(C)c1. The van der Waals surface area contributed by atoms with E-state index in [1.807, 2.05) is 88.4 Å². The summed E-state index contributed by atoms with van der Waals surface area (Å²) in [6, 6.07) is 19.6. The number of benzene rings is 3. The first-order valence-corrected chi connectivity index (χ1v) is 11.1. The Morgan fingerprint density at radius 1 is 0.882 bits per heavy atom. The zero-order valence-corrected chi connectivity index (χ0v) is 19.6. The molecule has 0 saturated heterocycles. The van der Waals surface area contributed by atoms with Crippen LogP contribution in [0.5, 0.6) is 0 Å². The van der Waals surface area contributed by atoms with Crippen LogP contribution < -0.4 is 10.9 Å². The van der Waals surface area contributed by atoms with Gasteiger partial charge in [-0.15, -0.1) is 5.10 Å². The molecular weight excluding hydrogens is 426 g/mol. The van der Waals surface area contributed by atoms with E-state index >= 15 is 0 Å². The minimum absolute atomic E-state index is 0.0455. The number of hydrogen-bond donors (Lipinski definition) is 1. The molecule has 0 spiro atoms. The van der Waals surface area contributed by atoms with Crippen molar-refractivity contribution in [1.82, 2.24) is 19.2 Å². The summed E-state index contributed by atoms with van der Waals surface area (Å²) in [7, 11) is 0. The maximum atomic E-state index is 13.5. The van der Waals surface area contributed by atoms with Gasteiger partial charge in [0.2, 0.25) is 11.5 Å². The van der Waals surface area contributed by atoms with Gasteiger partial charge in [-0.05, 0) is 62.1 Å². The second-order valence-corrected chi connectivity index (χ2v) is 8.77. The lowest BCUT2D eigenvalue weighted by molar-refractivity contribution is 0.101. The van der Waals surface area contributed by atoms with E-state index in [-0.39, 0.29) is 17.0 Å². The van der Waals surface area contributed by atoms with Crippen LogP contribution in [-0.2, 0) is 6.54 Å². The van der Waals surface area contributed by atoms with E-state index < -0.39 is 5.91 Å². The van der Waals surface area contributed by atoms with Crippen molar-refractivity contribution in [2.75, 3.05) is 5.32 Å². The number of aryl methyl sites for hydroxylation is 4. The van der Waals surface area contributed by atoms with Crippen LogP contribution >= 0.6 is 0 Å². The average Bonchev–Trinajstić information content (AvgIpc) is 3.25. The van der Waals surface area contributed by atoms with Gasteiger partial charge in [0.15, 0.2) is 0 Å². The van der Waals surface area contributed by atoms with Gasteiger partial charge < -0.3 is 5.32 Å². The Hall–Kier alpha value is -4.26. The molecule has 0 aliphatic heterocycles. The third-order valence-electron chi connectivity index (χ3n) is 6.00. The quantitative estimate of drug-likeness (QED) is 0.434. The average molecular weight is 452 g/mol. The number of carbonyl (C=O) groups excluding carboxylic acids is 1. The van der Waals surface area contributed by atoms with Gasteiger partial charge in [-0.3, -0.25) is 14.2 Å². The molecule has 5 aromatic rings. The topological polar surface area (TPSA) is 81.3 Å². The minimum Gasteiger partial charge on any atom is -0.319 e. The highest BCUT2D eigenvalue weighted by molar-refractivity contribution is 6.03. The van der Waals surface area contributed by atoms with E-state index in [2.05, 4.69) is 15.4 Å². The minimum atomic E-state index is -0.451. The van der Waals surface area contributed by atoms with Crippen LogP contribution in [0, 0.1) is 27.7 Å². The normalized spacial score (nSPS) is 11.3. The summed E-state index contributed by atoms with van der Waals surface area (Å²) in [5.41, 5.74) is 7.08. The monoisotopic (exact) mass is 451 g/mol. The van der Waals surface area contributed by atoms with Gasteiger partial charge in [-0.2, -0.15) is 4.98 Å². The van der Waals surface area contributed by atoms with Crippen molar-refractivity contribution >= 4 is 28.3 Å². The zero-order valence-electron chi connectivity index (χ0n) is 19.6. The Balaban J connectivity index is 1.64. The van der Waals surface area contributed by atoms with Gasteiger partial charge in [0.1, 0.15) is 0 Å². The summed E-state index contributed by atoms with van der Waals surface area (Å²) in [6.45, 7) is 8.29. The number of carbonyl (C=O) groups is 1. The van der Waals surface area contributed by atoms with Crippen LogP contribution in [0.25, 0.3) is 16.7 Å². The summed E-state index contributed by atoms with van der Waals surface area (Å²) >= 11 is 0. The fourth-order valence-corrected chi connectivity index (χ4v) is 4.44. The van der Waals surface area contributed by atoms with Crippen molar-refractivity contribution in [2.24, 2.45) is 0 Å². The molecule has 1 amide bonds. The molecule has 3 aromatic carbocycles. The standard InChI is InChI=1S/C27H25N5O2/c1-16-10-11-21-22(14-16)31(15-20-8-6-5-7-9-20)27(34)25-29-24(30-32(21)25)26(33)28-23-18(3)12-17(2)13-19(23)4/h5-14H,15H2,1-4H3,(H,28,33). The van der Waals surface area contributed by atoms with Crippen LogP contribution in [0.15, 0.2) is 65.5 Å². The zero-order chi connectivity index (χ0) is 24.0. The molecule has 5 rings (SSSR count). The number of hydrogen-bond acceptors (Lipinski definition) is 4. The number of nitrogens with one attached hydrogen (secondary N) is 1. The van der Waals surface area contributed by atoms with Crippen molar-refractivity contribution in [3.05, 3.63) is 105 Å². The fraction of sp³-hybridized carbons (Fsp3) is 0.185. The molecule has 0 atom stereocenters. The van der Waals surface area contributed by atoms with Crippen LogP contribution in [0.3, 0.4) is 0 Å². The Morgan fingerprint density at radius 3 is 2.29 bits per heavy atom. The number of rotatable bonds is 4. The Bertz CT molecular complexity index is 1610. The molecule has 170 valence electrons. The molecule has 7 heteroatoms. The molecule has 7 nitrogen and oxygen atoms in total. The number of aromatic nitrogens is 4. The van der Waals surface area contributed by atoms with Crippen LogP contribution in [-0.4, -0.2) is 25.1 Å². The van der Waals surface area contributed by atoms with E-state index in [1.165, 1.54) is 4.52 Å². The lowest BCUT2D eigenvalue weighted by Gasteiger charge is -2.12. The second kappa shape index (κ2) is 8.26.